The van der Waals surface area contributed by atoms with Crippen LogP contribution in [0.15, 0.2) is 18.2 Å². The van der Waals surface area contributed by atoms with E-state index in [4.69, 9.17) is 16.7 Å². The first-order valence-electron chi connectivity index (χ1n) is 5.85. The van der Waals surface area contributed by atoms with E-state index in [1.54, 1.807) is 0 Å². The molecule has 1 amide bonds. The van der Waals surface area contributed by atoms with E-state index in [1.807, 2.05) is 6.92 Å². The molecule has 0 aliphatic carbocycles. The van der Waals surface area contributed by atoms with Crippen molar-refractivity contribution in [2.24, 2.45) is 0 Å². The number of aliphatic hydroxyl groups excluding tert-OH is 1. The van der Waals surface area contributed by atoms with E-state index < -0.39 is 10.8 Å². The van der Waals surface area contributed by atoms with Gasteiger partial charge in [0.15, 0.2) is 0 Å². The molecule has 1 aromatic rings. The predicted octanol–water partition coefficient (Wildman–Crippen LogP) is 2.14. The molecule has 1 aromatic carbocycles. The Morgan fingerprint density at radius 1 is 1.58 bits per heavy atom. The number of nitro benzene ring substituents is 1. The van der Waals surface area contributed by atoms with Crippen LogP contribution in [0, 0.1) is 10.1 Å². The van der Waals surface area contributed by atoms with Crippen LogP contribution in [0.4, 0.5) is 5.69 Å². The molecule has 1 rings (SSSR count). The minimum absolute atomic E-state index is 0.0402. The summed E-state index contributed by atoms with van der Waals surface area (Å²) in [6.07, 6.45) is 1.08. The van der Waals surface area contributed by atoms with E-state index in [2.05, 4.69) is 5.32 Å². The number of amides is 1. The zero-order chi connectivity index (χ0) is 14.4. The number of nitrogens with zero attached hydrogens (tertiary/aromatic N) is 1. The molecule has 19 heavy (non-hydrogen) atoms. The van der Waals surface area contributed by atoms with Gasteiger partial charge in [-0.05, 0) is 18.9 Å². The Balaban J connectivity index is 2.94. The van der Waals surface area contributed by atoms with Gasteiger partial charge in [-0.25, -0.2) is 0 Å². The summed E-state index contributed by atoms with van der Waals surface area (Å²) in [5.74, 6) is -0.478. The largest absolute Gasteiger partial charge is 0.396 e. The fourth-order valence-electron chi connectivity index (χ4n) is 1.63. The number of carbonyl (C=O) groups excluding carboxylic acids is 1. The minimum atomic E-state index is -0.635. The summed E-state index contributed by atoms with van der Waals surface area (Å²) >= 11 is 5.85. The van der Waals surface area contributed by atoms with Crippen LogP contribution in [0.25, 0.3) is 0 Å². The molecule has 0 saturated carbocycles. The van der Waals surface area contributed by atoms with Crippen molar-refractivity contribution in [3.05, 3.63) is 38.9 Å². The van der Waals surface area contributed by atoms with Gasteiger partial charge in [0.05, 0.1) is 10.5 Å². The smallest absolute Gasteiger partial charge is 0.288 e. The number of hydrogen-bond donors (Lipinski definition) is 2. The number of nitrogens with one attached hydrogen (secondary N) is 1. The maximum atomic E-state index is 12.0. The van der Waals surface area contributed by atoms with Gasteiger partial charge in [0.25, 0.3) is 11.6 Å². The number of benzene rings is 1. The molecule has 0 radical (unpaired) electrons. The Morgan fingerprint density at radius 3 is 2.79 bits per heavy atom. The molecule has 2 N–H and O–H groups in total. The lowest BCUT2D eigenvalue weighted by atomic mass is 10.1. The maximum Gasteiger partial charge on any atom is 0.288 e. The lowest BCUT2D eigenvalue weighted by molar-refractivity contribution is -0.384. The van der Waals surface area contributed by atoms with Gasteiger partial charge in [-0.1, -0.05) is 24.6 Å². The first kappa shape index (κ1) is 15.4. The van der Waals surface area contributed by atoms with E-state index in [9.17, 15) is 14.9 Å². The average Bonchev–Trinajstić information content (AvgIpc) is 2.37. The fourth-order valence-corrected chi connectivity index (χ4v) is 1.91. The van der Waals surface area contributed by atoms with Crippen molar-refractivity contribution in [3.8, 4) is 0 Å². The highest BCUT2D eigenvalue weighted by Gasteiger charge is 2.21. The molecule has 0 aliphatic heterocycles. The van der Waals surface area contributed by atoms with Crippen LogP contribution in [0.2, 0.25) is 5.02 Å². The highest BCUT2D eigenvalue weighted by Crippen LogP contribution is 2.27. The second kappa shape index (κ2) is 7.06. The van der Waals surface area contributed by atoms with Gasteiger partial charge >= 0.3 is 0 Å². The molecule has 0 spiro atoms. The quantitative estimate of drug-likeness (QED) is 0.619. The fraction of sp³-hybridized carbons (Fsp3) is 0.417. The van der Waals surface area contributed by atoms with Crippen molar-refractivity contribution in [2.45, 2.75) is 25.8 Å². The van der Waals surface area contributed by atoms with E-state index in [0.717, 1.165) is 0 Å². The molecular weight excluding hydrogens is 272 g/mol. The minimum Gasteiger partial charge on any atom is -0.396 e. The lowest BCUT2D eigenvalue weighted by Crippen LogP contribution is -2.35. The molecule has 0 heterocycles. The summed E-state index contributed by atoms with van der Waals surface area (Å²) in [6.45, 7) is 1.83. The third-order valence-corrected chi connectivity index (χ3v) is 3.12. The van der Waals surface area contributed by atoms with Gasteiger partial charge < -0.3 is 10.4 Å². The molecule has 6 nitrogen and oxygen atoms in total. The third kappa shape index (κ3) is 3.90. The third-order valence-electron chi connectivity index (χ3n) is 2.73. The normalized spacial score (nSPS) is 11.9. The lowest BCUT2D eigenvalue weighted by Gasteiger charge is -2.16. The van der Waals surface area contributed by atoms with Gasteiger partial charge in [0, 0.05) is 18.7 Å². The highest BCUT2D eigenvalue weighted by atomic mass is 35.5. The summed E-state index contributed by atoms with van der Waals surface area (Å²) in [6, 6.07) is 3.89. The summed E-state index contributed by atoms with van der Waals surface area (Å²) in [5, 5.41) is 22.1. The van der Waals surface area contributed by atoms with Crippen LogP contribution in [-0.4, -0.2) is 28.6 Å². The standard InChI is InChI=1S/C12H15ClN2O4/c1-2-8(6-7-16)14-12(17)9-4-3-5-10(11(9)13)15(18)19/h3-5,8,16H,2,6-7H2,1H3,(H,14,17). The van der Waals surface area contributed by atoms with Crippen molar-refractivity contribution in [1.29, 1.82) is 0 Å². The SMILES string of the molecule is CCC(CCO)NC(=O)c1cccc([N+](=O)[O-])c1Cl. The van der Waals surface area contributed by atoms with Gasteiger partial charge in [0.2, 0.25) is 0 Å². The van der Waals surface area contributed by atoms with Crippen molar-refractivity contribution in [2.75, 3.05) is 6.61 Å². The van der Waals surface area contributed by atoms with Crippen LogP contribution >= 0.6 is 11.6 Å². The Morgan fingerprint density at radius 2 is 2.26 bits per heavy atom. The maximum absolute atomic E-state index is 12.0. The molecule has 0 fully saturated rings. The van der Waals surface area contributed by atoms with Gasteiger partial charge in [-0.15, -0.1) is 0 Å². The molecule has 1 unspecified atom stereocenters. The summed E-state index contributed by atoms with van der Waals surface area (Å²) in [4.78, 5) is 22.1. The first-order chi connectivity index (χ1) is 9.01. The summed E-state index contributed by atoms with van der Waals surface area (Å²) in [7, 11) is 0. The number of nitro groups is 1. The average molecular weight is 287 g/mol. The van der Waals surface area contributed by atoms with Crippen LogP contribution < -0.4 is 5.32 Å². The molecule has 0 aliphatic rings. The molecule has 0 aromatic heterocycles. The van der Waals surface area contributed by atoms with Crippen LogP contribution in [-0.2, 0) is 0 Å². The second-order valence-corrected chi connectivity index (χ2v) is 4.36. The number of aliphatic hydroxyl groups is 1. The van der Waals surface area contributed by atoms with E-state index in [-0.39, 0.29) is 28.9 Å². The summed E-state index contributed by atoms with van der Waals surface area (Å²) < 4.78 is 0. The number of rotatable bonds is 6. The van der Waals surface area contributed by atoms with Gasteiger partial charge in [0.1, 0.15) is 5.02 Å². The molecule has 1 atom stereocenters. The monoisotopic (exact) mass is 286 g/mol. The second-order valence-electron chi connectivity index (χ2n) is 3.99. The summed E-state index contributed by atoms with van der Waals surface area (Å²) in [5.41, 5.74) is -0.239. The van der Waals surface area contributed by atoms with E-state index in [1.165, 1.54) is 18.2 Å². The molecular formula is C12H15ClN2O4. The molecule has 0 saturated heterocycles. The van der Waals surface area contributed by atoms with Crippen LogP contribution in [0.5, 0.6) is 0 Å². The molecule has 104 valence electrons. The van der Waals surface area contributed by atoms with E-state index >= 15 is 0 Å². The number of carbonyl (C=O) groups is 1. The Labute approximate surface area is 115 Å². The number of hydrogen-bond acceptors (Lipinski definition) is 4. The molecule has 7 heteroatoms. The topological polar surface area (TPSA) is 92.5 Å². The Kier molecular flexibility index (Phi) is 5.72. The zero-order valence-electron chi connectivity index (χ0n) is 10.4. The van der Waals surface area contributed by atoms with Crippen LogP contribution in [0.3, 0.4) is 0 Å². The van der Waals surface area contributed by atoms with Crippen LogP contribution in [0.1, 0.15) is 30.1 Å². The van der Waals surface area contributed by atoms with Crippen molar-refractivity contribution in [3.63, 3.8) is 0 Å². The first-order valence-corrected chi connectivity index (χ1v) is 6.23. The zero-order valence-corrected chi connectivity index (χ0v) is 11.2. The van der Waals surface area contributed by atoms with Crippen molar-refractivity contribution < 1.29 is 14.8 Å². The Hall–Kier alpha value is -1.66. The number of halogens is 1. The van der Waals surface area contributed by atoms with Crippen molar-refractivity contribution >= 4 is 23.2 Å². The molecule has 0 bridgehead atoms. The highest BCUT2D eigenvalue weighted by molar-refractivity contribution is 6.35. The Bertz CT molecular complexity index is 479. The van der Waals surface area contributed by atoms with Gasteiger partial charge in [-0.2, -0.15) is 0 Å². The van der Waals surface area contributed by atoms with Crippen molar-refractivity contribution in [1.82, 2.24) is 5.32 Å². The predicted molar refractivity (Wildman–Crippen MR) is 71.4 cm³/mol. The van der Waals surface area contributed by atoms with E-state index in [0.29, 0.717) is 12.8 Å². The van der Waals surface area contributed by atoms with Gasteiger partial charge in [-0.3, -0.25) is 14.9 Å².